The highest BCUT2D eigenvalue weighted by atomic mass is 35.5. The normalized spacial score (nSPS) is 22.4. The Kier molecular flexibility index (Phi) is 4.20. The Labute approximate surface area is 153 Å². The highest BCUT2D eigenvalue weighted by Crippen LogP contribution is 2.41. The molecule has 1 aliphatic heterocycles. The van der Waals surface area contributed by atoms with E-state index in [9.17, 15) is 14.4 Å². The van der Waals surface area contributed by atoms with Crippen molar-refractivity contribution in [3.8, 4) is 0 Å². The summed E-state index contributed by atoms with van der Waals surface area (Å²) < 4.78 is 4.68. The van der Waals surface area contributed by atoms with Crippen molar-refractivity contribution in [1.82, 2.24) is 10.3 Å². The van der Waals surface area contributed by atoms with Crippen molar-refractivity contribution < 1.29 is 19.0 Å². The average Bonchev–Trinajstić information content (AvgIpc) is 3.18. The molecule has 1 saturated heterocycles. The largest absolute Gasteiger partial charge is 0.300 e. The molecule has 1 saturated carbocycles. The van der Waals surface area contributed by atoms with Crippen molar-refractivity contribution in [3.63, 3.8) is 0 Å². The molecule has 4 rings (SSSR count). The van der Waals surface area contributed by atoms with Crippen molar-refractivity contribution in [3.05, 3.63) is 34.9 Å². The van der Waals surface area contributed by atoms with Gasteiger partial charge in [-0.1, -0.05) is 36.6 Å². The second kappa shape index (κ2) is 6.53. The van der Waals surface area contributed by atoms with E-state index in [4.69, 9.17) is 11.6 Å². The third-order valence-corrected chi connectivity index (χ3v) is 5.20. The minimum Gasteiger partial charge on any atom is -0.300 e. The van der Waals surface area contributed by atoms with Crippen LogP contribution in [-0.4, -0.2) is 28.0 Å². The van der Waals surface area contributed by atoms with Crippen LogP contribution in [0.25, 0.3) is 0 Å². The molecule has 0 unspecified atom stereocenters. The molecule has 1 aliphatic carbocycles. The SMILES string of the molecule is O=C(Nc1nonc1N1C(=O)[C@H]2CCCC[C@@H]2C1=O)c1ccccc1Cl. The number of carbonyl (C=O) groups is 3. The van der Waals surface area contributed by atoms with E-state index in [1.54, 1.807) is 24.3 Å². The number of nitrogens with one attached hydrogen (secondary N) is 1. The highest BCUT2D eigenvalue weighted by molar-refractivity contribution is 6.34. The van der Waals surface area contributed by atoms with Crippen LogP contribution in [0.5, 0.6) is 0 Å². The molecule has 3 amide bonds. The van der Waals surface area contributed by atoms with Gasteiger partial charge in [0.25, 0.3) is 5.91 Å². The quantitative estimate of drug-likeness (QED) is 0.828. The number of rotatable bonds is 3. The van der Waals surface area contributed by atoms with Gasteiger partial charge in [0.05, 0.1) is 22.4 Å². The summed E-state index contributed by atoms with van der Waals surface area (Å²) in [6.07, 6.45) is 3.19. The van der Waals surface area contributed by atoms with Crippen LogP contribution in [0.4, 0.5) is 11.6 Å². The van der Waals surface area contributed by atoms with Crippen LogP contribution >= 0.6 is 11.6 Å². The summed E-state index contributed by atoms with van der Waals surface area (Å²) in [6.45, 7) is 0. The number of amides is 3. The maximum atomic E-state index is 12.7. The smallest absolute Gasteiger partial charge is 0.258 e. The number of fused-ring (bicyclic) bond motifs is 1. The summed E-state index contributed by atoms with van der Waals surface area (Å²) in [4.78, 5) is 38.8. The van der Waals surface area contributed by atoms with E-state index >= 15 is 0 Å². The van der Waals surface area contributed by atoms with Crippen molar-refractivity contribution in [2.24, 2.45) is 11.8 Å². The molecule has 2 fully saturated rings. The maximum Gasteiger partial charge on any atom is 0.258 e. The monoisotopic (exact) mass is 374 g/mol. The number of anilines is 2. The van der Waals surface area contributed by atoms with Crippen LogP contribution in [0.3, 0.4) is 0 Å². The lowest BCUT2D eigenvalue weighted by Crippen LogP contribution is -2.32. The van der Waals surface area contributed by atoms with Gasteiger partial charge in [-0.25, -0.2) is 9.53 Å². The van der Waals surface area contributed by atoms with E-state index in [0.29, 0.717) is 12.8 Å². The number of benzene rings is 1. The van der Waals surface area contributed by atoms with Gasteiger partial charge >= 0.3 is 0 Å². The van der Waals surface area contributed by atoms with E-state index in [-0.39, 0.29) is 45.9 Å². The second-order valence-electron chi connectivity index (χ2n) is 6.38. The number of hydrogen-bond donors (Lipinski definition) is 1. The van der Waals surface area contributed by atoms with E-state index in [0.717, 1.165) is 17.7 Å². The van der Waals surface area contributed by atoms with Gasteiger partial charge in [-0.05, 0) is 35.3 Å². The van der Waals surface area contributed by atoms with Crippen molar-refractivity contribution in [1.29, 1.82) is 0 Å². The summed E-state index contributed by atoms with van der Waals surface area (Å²) in [5.41, 5.74) is 0.232. The summed E-state index contributed by atoms with van der Waals surface area (Å²) in [5.74, 6) is -2.01. The fourth-order valence-corrected chi connectivity index (χ4v) is 3.82. The predicted octanol–water partition coefficient (Wildman–Crippen LogP) is 2.65. The molecule has 0 radical (unpaired) electrons. The number of carbonyl (C=O) groups excluding carboxylic acids is 3. The zero-order valence-electron chi connectivity index (χ0n) is 13.6. The molecular weight excluding hydrogens is 360 g/mol. The number of nitrogens with zero attached hydrogens (tertiary/aromatic N) is 3. The van der Waals surface area contributed by atoms with Crippen LogP contribution in [0.1, 0.15) is 36.0 Å². The van der Waals surface area contributed by atoms with E-state index in [1.807, 2.05) is 0 Å². The molecule has 8 nitrogen and oxygen atoms in total. The molecule has 0 bridgehead atoms. The standard InChI is InChI=1S/C17H15ClN4O4/c18-12-8-4-3-7-11(12)15(23)19-13-14(21-26-20-13)22-16(24)9-5-1-2-6-10(9)17(22)25/h3-4,7-10H,1-2,5-6H2,(H,19,20,23)/t9-,10-/m0/s1. The first-order valence-electron chi connectivity index (χ1n) is 8.34. The topological polar surface area (TPSA) is 105 Å². The van der Waals surface area contributed by atoms with Gasteiger partial charge in [0.1, 0.15) is 0 Å². The first-order valence-corrected chi connectivity index (χ1v) is 8.72. The van der Waals surface area contributed by atoms with Crippen LogP contribution in [0.2, 0.25) is 5.02 Å². The van der Waals surface area contributed by atoms with Crippen LogP contribution < -0.4 is 10.2 Å². The third kappa shape index (κ3) is 2.66. The zero-order chi connectivity index (χ0) is 18.3. The van der Waals surface area contributed by atoms with E-state index < -0.39 is 5.91 Å². The molecule has 2 atom stereocenters. The molecule has 2 aromatic rings. The molecule has 26 heavy (non-hydrogen) atoms. The van der Waals surface area contributed by atoms with Crippen molar-refractivity contribution in [2.75, 3.05) is 10.2 Å². The molecule has 1 N–H and O–H groups in total. The fourth-order valence-electron chi connectivity index (χ4n) is 3.60. The Morgan fingerprint density at radius 3 is 2.42 bits per heavy atom. The molecule has 1 aromatic heterocycles. The molecule has 0 spiro atoms. The zero-order valence-corrected chi connectivity index (χ0v) is 14.4. The van der Waals surface area contributed by atoms with Gasteiger partial charge in [0.15, 0.2) is 0 Å². The Hall–Kier alpha value is -2.74. The molecule has 2 heterocycles. The maximum absolute atomic E-state index is 12.7. The summed E-state index contributed by atoms with van der Waals surface area (Å²) in [6, 6.07) is 6.49. The molecular formula is C17H15ClN4O4. The predicted molar refractivity (Wildman–Crippen MR) is 91.6 cm³/mol. The van der Waals surface area contributed by atoms with Crippen LogP contribution in [0.15, 0.2) is 28.9 Å². The number of hydrogen-bond acceptors (Lipinski definition) is 6. The fraction of sp³-hybridized carbons (Fsp3) is 0.353. The highest BCUT2D eigenvalue weighted by Gasteiger charge is 2.50. The number of halogens is 1. The summed E-state index contributed by atoms with van der Waals surface area (Å²) in [5, 5.41) is 10.1. The van der Waals surface area contributed by atoms with Gasteiger partial charge in [0, 0.05) is 0 Å². The minimum absolute atomic E-state index is 0.0877. The van der Waals surface area contributed by atoms with E-state index in [1.165, 1.54) is 0 Å². The second-order valence-corrected chi connectivity index (χ2v) is 6.79. The molecule has 9 heteroatoms. The lowest BCUT2D eigenvalue weighted by molar-refractivity contribution is -0.122. The molecule has 2 aliphatic rings. The molecule has 134 valence electrons. The number of imide groups is 1. The lowest BCUT2D eigenvalue weighted by Gasteiger charge is -2.19. The van der Waals surface area contributed by atoms with Crippen molar-refractivity contribution in [2.45, 2.75) is 25.7 Å². The Balaban J connectivity index is 1.61. The van der Waals surface area contributed by atoms with E-state index in [2.05, 4.69) is 20.3 Å². The van der Waals surface area contributed by atoms with Gasteiger partial charge in [-0.3, -0.25) is 14.4 Å². The Bertz CT molecular complexity index is 872. The summed E-state index contributed by atoms with van der Waals surface area (Å²) >= 11 is 6.02. The average molecular weight is 375 g/mol. The lowest BCUT2D eigenvalue weighted by atomic mass is 9.81. The van der Waals surface area contributed by atoms with Gasteiger partial charge in [-0.2, -0.15) is 0 Å². The molecule has 1 aromatic carbocycles. The Morgan fingerprint density at radius 2 is 1.77 bits per heavy atom. The number of aromatic nitrogens is 2. The first-order chi connectivity index (χ1) is 12.6. The van der Waals surface area contributed by atoms with Gasteiger partial charge in [-0.15, -0.1) is 0 Å². The Morgan fingerprint density at radius 1 is 1.12 bits per heavy atom. The van der Waals surface area contributed by atoms with Crippen LogP contribution in [0, 0.1) is 11.8 Å². The van der Waals surface area contributed by atoms with Crippen molar-refractivity contribution >= 4 is 41.0 Å². The first kappa shape index (κ1) is 16.7. The summed E-state index contributed by atoms with van der Waals surface area (Å²) in [7, 11) is 0. The minimum atomic E-state index is -0.538. The van der Waals surface area contributed by atoms with Crippen LogP contribution in [-0.2, 0) is 9.59 Å². The van der Waals surface area contributed by atoms with Gasteiger partial charge < -0.3 is 5.32 Å². The van der Waals surface area contributed by atoms with Gasteiger partial charge in [0.2, 0.25) is 23.5 Å². The third-order valence-electron chi connectivity index (χ3n) is 4.87.